The van der Waals surface area contributed by atoms with Gasteiger partial charge in [0, 0.05) is 17.7 Å². The number of aliphatic hydroxyl groups is 2. The summed E-state index contributed by atoms with van der Waals surface area (Å²) < 4.78 is 0. The molecular weight excluding hydrogens is 436 g/mol. The first kappa shape index (κ1) is 25.5. The third-order valence-electron chi connectivity index (χ3n) is 6.64. The van der Waals surface area contributed by atoms with Crippen molar-refractivity contribution in [2.75, 3.05) is 0 Å². The molecule has 0 bridgehead atoms. The van der Waals surface area contributed by atoms with E-state index in [0.29, 0.717) is 19.3 Å². The zero-order chi connectivity index (χ0) is 23.6. The summed E-state index contributed by atoms with van der Waals surface area (Å²) in [6.45, 7) is 0. The highest BCUT2D eigenvalue weighted by Gasteiger charge is 2.41. The smallest absolute Gasteiger partial charge is 0.303 e. The van der Waals surface area contributed by atoms with Crippen LogP contribution in [0.2, 0.25) is 0 Å². The molecule has 1 aliphatic rings. The van der Waals surface area contributed by atoms with Crippen molar-refractivity contribution in [3.8, 4) is 0 Å². The minimum absolute atomic E-state index is 0.0413. The van der Waals surface area contributed by atoms with Gasteiger partial charge in [0.2, 0.25) is 0 Å². The second-order valence-corrected chi connectivity index (χ2v) is 9.62. The van der Waals surface area contributed by atoms with Gasteiger partial charge in [0.1, 0.15) is 0 Å². The molecule has 0 aromatic heterocycles. The molecule has 3 N–H and O–H groups in total. The van der Waals surface area contributed by atoms with Crippen LogP contribution in [0.4, 0.5) is 0 Å². The maximum atomic E-state index is 10.7. The van der Waals surface area contributed by atoms with E-state index < -0.39 is 18.2 Å². The molecule has 2 aromatic carbocycles. The van der Waals surface area contributed by atoms with Crippen LogP contribution in [0.15, 0.2) is 66.7 Å². The Bertz CT molecular complexity index is 881. The first-order valence-corrected chi connectivity index (χ1v) is 12.4. The Morgan fingerprint density at radius 1 is 1.06 bits per heavy atom. The van der Waals surface area contributed by atoms with E-state index >= 15 is 0 Å². The molecule has 1 fully saturated rings. The maximum Gasteiger partial charge on any atom is 0.303 e. The molecule has 0 aliphatic heterocycles. The standard InChI is InChI=1S/C28H35ClO4/c29-24-19-26(31)28(23(24)12-6-1-2-7-14-27(32)33)22-17-15-21(16-18-22)25(30)13-8-11-20-9-4-3-5-10-20/h1,3-6,9-10,15-18,23-26,28,30-31H,2,7-8,11-14,19H2,(H,32,33)/b6-1-/t23-,24+,25?,26+,28+/m0/s1. The van der Waals surface area contributed by atoms with Gasteiger partial charge in [-0.25, -0.2) is 0 Å². The third kappa shape index (κ3) is 7.70. The molecule has 5 heteroatoms. The van der Waals surface area contributed by atoms with Crippen molar-refractivity contribution in [1.29, 1.82) is 0 Å². The lowest BCUT2D eigenvalue weighted by molar-refractivity contribution is -0.137. The van der Waals surface area contributed by atoms with Gasteiger partial charge in [0.15, 0.2) is 0 Å². The molecule has 4 nitrogen and oxygen atoms in total. The highest BCUT2D eigenvalue weighted by molar-refractivity contribution is 6.21. The molecule has 33 heavy (non-hydrogen) atoms. The fraction of sp³-hybridized carbons (Fsp3) is 0.464. The van der Waals surface area contributed by atoms with Crippen molar-refractivity contribution in [3.05, 3.63) is 83.4 Å². The van der Waals surface area contributed by atoms with Gasteiger partial charge >= 0.3 is 5.97 Å². The quantitative estimate of drug-likeness (QED) is 0.201. The number of carboxylic acids is 1. The Kier molecular flexibility index (Phi) is 9.98. The number of alkyl halides is 1. The molecule has 0 heterocycles. The summed E-state index contributed by atoms with van der Waals surface area (Å²) in [5, 5.41) is 29.9. The number of aliphatic carboxylic acids is 1. The van der Waals surface area contributed by atoms with Gasteiger partial charge < -0.3 is 15.3 Å². The Morgan fingerprint density at radius 3 is 2.48 bits per heavy atom. The van der Waals surface area contributed by atoms with E-state index in [-0.39, 0.29) is 23.6 Å². The van der Waals surface area contributed by atoms with Gasteiger partial charge in [0.05, 0.1) is 12.2 Å². The fourth-order valence-corrected chi connectivity index (χ4v) is 5.26. The van der Waals surface area contributed by atoms with E-state index in [1.54, 1.807) is 0 Å². The Hall–Kier alpha value is -2.14. The number of carboxylic acid groups (broad SMARTS) is 1. The van der Waals surface area contributed by atoms with Gasteiger partial charge in [-0.1, -0.05) is 66.7 Å². The number of unbranched alkanes of at least 4 members (excludes halogenated alkanes) is 1. The first-order valence-electron chi connectivity index (χ1n) is 12.0. The SMILES string of the molecule is O=C(O)CCC/C=C\C[C@@H]1[C@@H](c2ccc(C(O)CCCc3ccccc3)cc2)[C@H](O)C[C@H]1Cl. The summed E-state index contributed by atoms with van der Waals surface area (Å²) in [6.07, 6.45) is 8.54. The van der Waals surface area contributed by atoms with Gasteiger partial charge in [0.25, 0.3) is 0 Å². The van der Waals surface area contributed by atoms with Crippen LogP contribution in [0.25, 0.3) is 0 Å². The van der Waals surface area contributed by atoms with Crippen molar-refractivity contribution < 1.29 is 20.1 Å². The number of rotatable bonds is 12. The molecule has 0 amide bonds. The van der Waals surface area contributed by atoms with Crippen molar-refractivity contribution in [1.82, 2.24) is 0 Å². The summed E-state index contributed by atoms with van der Waals surface area (Å²) in [5.41, 5.74) is 3.24. The Labute approximate surface area is 201 Å². The number of hydrogen-bond acceptors (Lipinski definition) is 3. The number of aryl methyl sites for hydroxylation is 1. The minimum Gasteiger partial charge on any atom is -0.481 e. The number of halogens is 1. The van der Waals surface area contributed by atoms with E-state index in [4.69, 9.17) is 16.7 Å². The average Bonchev–Trinajstić information content (AvgIpc) is 3.09. The van der Waals surface area contributed by atoms with Crippen LogP contribution in [0.5, 0.6) is 0 Å². The van der Waals surface area contributed by atoms with Crippen molar-refractivity contribution >= 4 is 17.6 Å². The molecule has 0 radical (unpaired) electrons. The van der Waals surface area contributed by atoms with Crippen molar-refractivity contribution in [2.45, 2.75) is 74.9 Å². The number of allylic oxidation sites excluding steroid dienone is 2. The summed E-state index contributed by atoms with van der Waals surface area (Å²) in [5.74, 6) is -0.688. The van der Waals surface area contributed by atoms with Crippen molar-refractivity contribution in [2.24, 2.45) is 5.92 Å². The van der Waals surface area contributed by atoms with Crippen LogP contribution in [-0.2, 0) is 11.2 Å². The van der Waals surface area contributed by atoms with Crippen LogP contribution in [0.1, 0.15) is 73.7 Å². The molecule has 5 atom stereocenters. The van der Waals surface area contributed by atoms with E-state index in [1.807, 2.05) is 48.5 Å². The lowest BCUT2D eigenvalue weighted by atomic mass is 9.84. The van der Waals surface area contributed by atoms with E-state index in [9.17, 15) is 15.0 Å². The summed E-state index contributed by atoms with van der Waals surface area (Å²) in [6, 6.07) is 18.3. The van der Waals surface area contributed by atoms with E-state index in [0.717, 1.165) is 36.8 Å². The molecule has 1 saturated carbocycles. The van der Waals surface area contributed by atoms with Gasteiger partial charge in [-0.2, -0.15) is 0 Å². The highest BCUT2D eigenvalue weighted by atomic mass is 35.5. The molecule has 1 aliphatic carbocycles. The van der Waals surface area contributed by atoms with Gasteiger partial charge in [-0.15, -0.1) is 11.6 Å². The molecule has 3 rings (SSSR count). The normalized spacial score (nSPS) is 23.7. The molecule has 0 spiro atoms. The zero-order valence-corrected chi connectivity index (χ0v) is 19.8. The fourth-order valence-electron chi connectivity index (χ4n) is 4.82. The van der Waals surface area contributed by atoms with Gasteiger partial charge in [-0.05, 0) is 67.6 Å². The molecule has 0 saturated heterocycles. The number of aliphatic hydroxyl groups excluding tert-OH is 2. The average molecular weight is 471 g/mol. The predicted molar refractivity (Wildman–Crippen MR) is 133 cm³/mol. The Balaban J connectivity index is 1.54. The maximum absolute atomic E-state index is 10.7. The first-order chi connectivity index (χ1) is 16.0. The number of benzene rings is 2. The summed E-state index contributed by atoms with van der Waals surface area (Å²) >= 11 is 6.58. The lowest BCUT2D eigenvalue weighted by Crippen LogP contribution is -2.18. The monoisotopic (exact) mass is 470 g/mol. The Morgan fingerprint density at radius 2 is 1.79 bits per heavy atom. The molecule has 2 aromatic rings. The number of carbonyl (C=O) groups is 1. The van der Waals surface area contributed by atoms with Gasteiger partial charge in [-0.3, -0.25) is 4.79 Å². The largest absolute Gasteiger partial charge is 0.481 e. The third-order valence-corrected chi connectivity index (χ3v) is 7.14. The van der Waals surface area contributed by atoms with Crippen LogP contribution in [0.3, 0.4) is 0 Å². The molecule has 1 unspecified atom stereocenters. The second-order valence-electron chi connectivity index (χ2n) is 9.06. The highest BCUT2D eigenvalue weighted by Crippen LogP contribution is 2.45. The lowest BCUT2D eigenvalue weighted by Gasteiger charge is -2.23. The zero-order valence-electron chi connectivity index (χ0n) is 19.0. The summed E-state index contributed by atoms with van der Waals surface area (Å²) in [7, 11) is 0. The summed E-state index contributed by atoms with van der Waals surface area (Å²) in [4.78, 5) is 10.6. The van der Waals surface area contributed by atoms with Crippen LogP contribution in [-0.4, -0.2) is 32.8 Å². The van der Waals surface area contributed by atoms with Crippen LogP contribution < -0.4 is 0 Å². The topological polar surface area (TPSA) is 77.8 Å². The second kappa shape index (κ2) is 12.9. The number of hydrogen-bond donors (Lipinski definition) is 3. The van der Waals surface area contributed by atoms with Crippen molar-refractivity contribution in [3.63, 3.8) is 0 Å². The predicted octanol–water partition coefficient (Wildman–Crippen LogP) is 6.02. The molecular formula is C28H35ClO4. The van der Waals surface area contributed by atoms with E-state index in [1.165, 1.54) is 5.56 Å². The van der Waals surface area contributed by atoms with Crippen LogP contribution >= 0.6 is 11.6 Å². The van der Waals surface area contributed by atoms with E-state index in [2.05, 4.69) is 18.2 Å². The minimum atomic E-state index is -0.770. The van der Waals surface area contributed by atoms with Crippen LogP contribution in [0, 0.1) is 5.92 Å². The molecule has 178 valence electrons.